The molecule has 776 valence electrons. The summed E-state index contributed by atoms with van der Waals surface area (Å²) in [5.41, 5.74) is 0.712. The van der Waals surface area contributed by atoms with E-state index in [1.807, 2.05) is 54.6 Å². The summed E-state index contributed by atoms with van der Waals surface area (Å²) in [6.45, 7) is 9.73. The van der Waals surface area contributed by atoms with E-state index < -0.39 is 92.0 Å². The number of rotatable bonds is 74. The number of H-pyrrole nitrogens is 1. The Morgan fingerprint density at radius 3 is 1.29 bits per heavy atom. The van der Waals surface area contributed by atoms with E-state index in [1.54, 1.807) is 81.1 Å². The van der Waals surface area contributed by atoms with Crippen LogP contribution in [-0.4, -0.2) is 159 Å². The molecule has 5 heterocycles. The van der Waals surface area contributed by atoms with Gasteiger partial charge in [0, 0.05) is 37.3 Å². The van der Waals surface area contributed by atoms with E-state index in [0.717, 1.165) is 74.5 Å². The Kier molecular flexibility index (Phi) is 52.4. The Balaban J connectivity index is 0.867. The standard InChI is InChI=1S/C114H170N11O15P/c1-8-11-14-17-20-23-26-29-32-35-38-41-44-47-50-65-78-133-99-81-93(82-100(134-79-66-51-48-45-42-39-36-33-30-27-24-21-18-15-12-9-2)106(99)135-80-67-52-49-46-43-40-37-34-31-28-25-22-19-16-13-10-3)111(130)137-89-104(126)136-87-98-84-123(86-103(140-98)125-90-115-105-107(125)118-112(120-110(105)129)119-108(127)91(4)5)141(132,121(6)7)138-88-97-83-122(85-102(139-97)124-77-76-101(117-113(124)131)116-109(128)92-68-57-53-58-69-92)114(94-70-59-54-60-71-94,95-72-61-55-62-73-95)96-74-63-56-64-75-96/h53-64,68-77,81-82,90-91,97-98,102-103H,8-52,65-67,78-80,83-89H2,1-7H3,(H,116,117,128,131)(H2,118,119,120,127,129). The van der Waals surface area contributed by atoms with Crippen LogP contribution < -0.4 is 36.1 Å². The summed E-state index contributed by atoms with van der Waals surface area (Å²) in [5, 5.41) is 5.45. The molecule has 0 radical (unpaired) electrons. The Labute approximate surface area is 841 Å². The molecule has 2 amide bonds. The third kappa shape index (κ3) is 38.3. The molecule has 0 aliphatic carbocycles. The molecule has 8 aromatic rings. The number of nitrogens with zero attached hydrogens (tertiary/aromatic N) is 8. The van der Waals surface area contributed by atoms with Crippen molar-refractivity contribution in [3.63, 3.8) is 0 Å². The number of hydrogen-bond acceptors (Lipinski definition) is 19. The van der Waals surface area contributed by atoms with Crippen molar-refractivity contribution < 1.29 is 61.4 Å². The molecule has 27 heteroatoms. The van der Waals surface area contributed by atoms with Gasteiger partial charge in [0.1, 0.15) is 18.5 Å². The molecule has 2 fully saturated rings. The number of ether oxygens (including phenoxy) is 7. The molecule has 141 heavy (non-hydrogen) atoms. The van der Waals surface area contributed by atoms with Gasteiger partial charge in [-0.3, -0.25) is 43.3 Å². The van der Waals surface area contributed by atoms with Crippen molar-refractivity contribution in [2.45, 2.75) is 373 Å². The second-order valence-electron chi connectivity index (χ2n) is 39.4. The summed E-state index contributed by atoms with van der Waals surface area (Å²) >= 11 is 0. The SMILES string of the molecule is CCCCCCCCCCCCCCCCCCOc1cc(C(=O)OCC(=O)OCC2CN(P(=O)(OCC3CN(C(c4ccccc4)(c4ccccc4)c4ccccc4)CC(n4ccc(NC(=O)c5ccccc5)nc4=O)O3)N(C)C)CC(n3cnc4c(=O)[nH]c(NC(=O)C(C)C)nc43)O2)cc(OCCCCCCCCCCCCCCCCCC)c1OCCCCCCCCCCCCCCCCCC. The van der Waals surface area contributed by atoms with Crippen molar-refractivity contribution in [2.24, 2.45) is 5.92 Å². The van der Waals surface area contributed by atoms with E-state index in [1.165, 1.54) is 277 Å². The molecule has 26 nitrogen and oxygen atoms in total. The Hall–Kier alpha value is -9.40. The van der Waals surface area contributed by atoms with Crippen LogP contribution in [0.2, 0.25) is 0 Å². The number of anilines is 2. The molecule has 10 rings (SSSR count). The molecular formula is C114H170N11O15P. The zero-order chi connectivity index (χ0) is 99.8. The average Bonchev–Trinajstić information content (AvgIpc) is 1.25. The number of morpholine rings is 2. The number of benzene rings is 5. The van der Waals surface area contributed by atoms with Crippen LogP contribution in [0.3, 0.4) is 0 Å². The number of aromatic nitrogens is 6. The van der Waals surface area contributed by atoms with Crippen LogP contribution in [0.5, 0.6) is 17.2 Å². The van der Waals surface area contributed by atoms with E-state index in [4.69, 9.17) is 37.7 Å². The van der Waals surface area contributed by atoms with Crippen molar-refractivity contribution >= 4 is 54.4 Å². The molecule has 0 bridgehead atoms. The van der Waals surface area contributed by atoms with Gasteiger partial charge in [-0.25, -0.2) is 28.7 Å². The lowest BCUT2D eigenvalue weighted by Crippen LogP contribution is -2.58. The Bertz CT molecular complexity index is 4870. The Morgan fingerprint density at radius 1 is 0.468 bits per heavy atom. The van der Waals surface area contributed by atoms with Crippen molar-refractivity contribution in [3.05, 3.63) is 201 Å². The highest BCUT2D eigenvalue weighted by Crippen LogP contribution is 2.55. The van der Waals surface area contributed by atoms with Gasteiger partial charge in [-0.1, -0.05) is 433 Å². The summed E-state index contributed by atoms with van der Waals surface area (Å²) < 4.78 is 75.5. The maximum atomic E-state index is 16.7. The minimum Gasteiger partial charge on any atom is -0.490 e. The third-order valence-electron chi connectivity index (χ3n) is 27.3. The van der Waals surface area contributed by atoms with E-state index >= 15 is 4.57 Å². The van der Waals surface area contributed by atoms with Crippen molar-refractivity contribution in [2.75, 3.05) is 90.5 Å². The van der Waals surface area contributed by atoms with Crippen LogP contribution in [0.4, 0.5) is 11.8 Å². The molecule has 5 unspecified atom stereocenters. The van der Waals surface area contributed by atoms with Crippen LogP contribution in [0.15, 0.2) is 162 Å². The first-order chi connectivity index (χ1) is 68.9. The van der Waals surface area contributed by atoms with Gasteiger partial charge >= 0.3 is 25.3 Å². The van der Waals surface area contributed by atoms with Gasteiger partial charge in [0.25, 0.3) is 11.5 Å². The fourth-order valence-corrected chi connectivity index (χ4v) is 21.2. The molecule has 5 atom stereocenters. The number of aromatic amines is 1. The number of esters is 2. The van der Waals surface area contributed by atoms with Gasteiger partial charge in [-0.15, -0.1) is 0 Å². The molecule has 3 N–H and O–H groups in total. The number of carbonyl (C=O) groups excluding carboxylic acids is 4. The molecule has 2 aliphatic rings. The summed E-state index contributed by atoms with van der Waals surface area (Å²) in [6, 6.07) is 43.6. The summed E-state index contributed by atoms with van der Waals surface area (Å²) in [5.74, 6) is -1.97. The predicted molar refractivity (Wildman–Crippen MR) is 565 cm³/mol. The first-order valence-electron chi connectivity index (χ1n) is 54.5. The maximum Gasteiger partial charge on any atom is 0.351 e. The molecule has 2 saturated heterocycles. The lowest BCUT2D eigenvalue weighted by Gasteiger charge is -2.51. The summed E-state index contributed by atoms with van der Waals surface area (Å²) in [4.78, 5) is 103. The summed E-state index contributed by atoms with van der Waals surface area (Å²) in [7, 11) is -1.10. The van der Waals surface area contributed by atoms with E-state index in [9.17, 15) is 28.8 Å². The lowest BCUT2D eigenvalue weighted by atomic mass is 9.75. The van der Waals surface area contributed by atoms with Crippen molar-refractivity contribution in [1.82, 2.24) is 43.3 Å². The highest BCUT2D eigenvalue weighted by molar-refractivity contribution is 7.53. The van der Waals surface area contributed by atoms with Gasteiger partial charge in [0.15, 0.2) is 41.7 Å². The number of unbranched alkanes of at least 4 members (excludes halogenated alkanes) is 45. The fourth-order valence-electron chi connectivity index (χ4n) is 19.2. The van der Waals surface area contributed by atoms with Gasteiger partial charge in [-0.2, -0.15) is 9.97 Å². The second-order valence-corrected chi connectivity index (χ2v) is 42.0. The van der Waals surface area contributed by atoms with E-state index in [0.29, 0.717) is 42.6 Å². The minimum atomic E-state index is -4.34. The van der Waals surface area contributed by atoms with Crippen LogP contribution >= 0.6 is 7.67 Å². The predicted octanol–water partition coefficient (Wildman–Crippen LogP) is 26.6. The van der Waals surface area contributed by atoms with E-state index in [-0.39, 0.29) is 61.3 Å². The summed E-state index contributed by atoms with van der Waals surface area (Å²) in [6.07, 6.45) is 58.5. The quantitative estimate of drug-likeness (QED) is 0.0138. The molecule has 2 aliphatic heterocycles. The highest BCUT2D eigenvalue weighted by Gasteiger charge is 2.49. The van der Waals surface area contributed by atoms with Crippen molar-refractivity contribution in [1.29, 1.82) is 0 Å². The Morgan fingerprint density at radius 2 is 0.872 bits per heavy atom. The number of carbonyl (C=O) groups is 4. The van der Waals surface area contributed by atoms with E-state index in [2.05, 4.69) is 92.6 Å². The smallest absolute Gasteiger partial charge is 0.351 e. The number of nitrogens with one attached hydrogen (secondary N) is 3. The molecule has 3 aromatic heterocycles. The lowest BCUT2D eigenvalue weighted by molar-refractivity contribution is -0.162. The maximum absolute atomic E-state index is 16.7. The van der Waals surface area contributed by atoms with Gasteiger partial charge in [0.05, 0.1) is 56.5 Å². The zero-order valence-corrected chi connectivity index (χ0v) is 87.4. The highest BCUT2D eigenvalue weighted by atomic mass is 31.2. The number of hydrogen-bond donors (Lipinski definition) is 3. The third-order valence-corrected chi connectivity index (χ3v) is 29.8. The average molecular weight is 1970 g/mol. The molecule has 0 saturated carbocycles. The molecule has 5 aromatic carbocycles. The molecule has 0 spiro atoms. The van der Waals surface area contributed by atoms with Gasteiger partial charge < -0.3 is 43.0 Å². The fraction of sp³-hybridized carbons (Fsp3) is 0.623. The molecular weight excluding hydrogens is 1790 g/mol. The number of imidazole rings is 1. The topological polar surface area (TPSA) is 291 Å². The minimum absolute atomic E-state index is 0.0160. The monoisotopic (exact) mass is 1960 g/mol. The van der Waals surface area contributed by atoms with Crippen molar-refractivity contribution in [3.8, 4) is 17.2 Å². The number of amides is 2. The zero-order valence-electron chi connectivity index (χ0n) is 86.5. The van der Waals surface area contributed by atoms with Crippen LogP contribution in [0, 0.1) is 5.92 Å². The normalized spacial score (nSPS) is 15.8. The number of fused-ring (bicyclic) bond motifs is 1. The van der Waals surface area contributed by atoms with Crippen LogP contribution in [-0.2, 0) is 43.2 Å². The first-order valence-corrected chi connectivity index (χ1v) is 56.0. The first kappa shape index (κ1) is 114. The largest absolute Gasteiger partial charge is 0.490 e. The van der Waals surface area contributed by atoms with Crippen LogP contribution in [0.1, 0.15) is 393 Å². The van der Waals surface area contributed by atoms with Gasteiger partial charge in [0.2, 0.25) is 17.6 Å². The second kappa shape index (κ2) is 65.1. The van der Waals surface area contributed by atoms with Crippen LogP contribution in [0.25, 0.3) is 11.2 Å². The van der Waals surface area contributed by atoms with Gasteiger partial charge in [-0.05, 0) is 80.4 Å².